The fourth-order valence-corrected chi connectivity index (χ4v) is 3.32. The summed E-state index contributed by atoms with van der Waals surface area (Å²) in [5.74, 6) is 0. The van der Waals surface area contributed by atoms with E-state index in [9.17, 15) is 28.1 Å². The summed E-state index contributed by atoms with van der Waals surface area (Å²) in [6, 6.07) is 1.20. The molecule has 1 heterocycles. The molecule has 17 heavy (non-hydrogen) atoms. The zero-order valence-corrected chi connectivity index (χ0v) is 9.41. The fraction of sp³-hybridized carbons (Fsp3) is 0.125. The molecule has 0 spiro atoms. The molecule has 0 amide bonds. The van der Waals surface area contributed by atoms with Crippen LogP contribution in [0.25, 0.3) is 9.40 Å². The van der Waals surface area contributed by atoms with Gasteiger partial charge in [-0.15, -0.1) is 0 Å². The Balaban J connectivity index is 2.85. The van der Waals surface area contributed by atoms with Gasteiger partial charge in [-0.2, -0.15) is 13.2 Å². The Labute approximate surface area is 99.1 Å². The van der Waals surface area contributed by atoms with Crippen molar-refractivity contribution in [2.75, 3.05) is 0 Å². The van der Waals surface area contributed by atoms with Crippen LogP contribution in [-0.4, -0.2) is 4.92 Å². The minimum atomic E-state index is -4.67. The van der Waals surface area contributed by atoms with Gasteiger partial charge in [0, 0.05) is 6.07 Å². The van der Waals surface area contributed by atoms with Gasteiger partial charge in [0.2, 0.25) is 0 Å². The maximum atomic E-state index is 12.5. The van der Waals surface area contributed by atoms with Crippen LogP contribution >= 0.6 is 22.7 Å². The van der Waals surface area contributed by atoms with Gasteiger partial charge in [0.15, 0.2) is 0 Å². The lowest BCUT2D eigenvalue weighted by molar-refractivity contribution is -0.383. The molecule has 0 aliphatic rings. The fourth-order valence-electron chi connectivity index (χ4n) is 1.26. The van der Waals surface area contributed by atoms with E-state index in [2.05, 4.69) is 0 Å². The Bertz CT molecular complexity index is 658. The van der Waals surface area contributed by atoms with Gasteiger partial charge in [-0.3, -0.25) is 14.9 Å². The summed E-state index contributed by atoms with van der Waals surface area (Å²) in [6.45, 7) is 0. The molecule has 0 saturated heterocycles. The van der Waals surface area contributed by atoms with Crippen LogP contribution in [0.4, 0.5) is 18.9 Å². The predicted molar refractivity (Wildman–Crippen MR) is 57.6 cm³/mol. The number of rotatable bonds is 1. The molecule has 0 unspecified atom stereocenters. The van der Waals surface area contributed by atoms with Gasteiger partial charge in [0.05, 0.1) is 15.2 Å². The molecule has 0 bridgehead atoms. The van der Waals surface area contributed by atoms with Crippen molar-refractivity contribution >= 4 is 37.8 Å². The number of non-ortho nitro benzene ring substituents is 1. The van der Waals surface area contributed by atoms with E-state index < -0.39 is 26.4 Å². The first kappa shape index (κ1) is 12.0. The average Bonchev–Trinajstić information content (AvgIpc) is 2.54. The molecule has 2 aromatic rings. The van der Waals surface area contributed by atoms with Gasteiger partial charge >= 0.3 is 6.18 Å². The zero-order chi connectivity index (χ0) is 12.8. The second kappa shape index (κ2) is 3.77. The van der Waals surface area contributed by atoms with E-state index in [0.29, 0.717) is 28.7 Å². The summed E-state index contributed by atoms with van der Waals surface area (Å²) in [5.41, 5.74) is -1.80. The Morgan fingerprint density at radius 1 is 1.24 bits per heavy atom. The molecule has 2 rings (SSSR count). The molecule has 0 atom stereocenters. The first-order chi connectivity index (χ1) is 7.79. The standard InChI is InChI=1S/C8H2F3NO3S2/c9-8(10,11)3-1-4(12(14)15)6-5(2-3)16-7(13)17-6/h1-2H. The van der Waals surface area contributed by atoms with E-state index >= 15 is 0 Å². The molecule has 1 aromatic carbocycles. The molecule has 0 radical (unpaired) electrons. The van der Waals surface area contributed by atoms with Crippen LogP contribution in [0, 0.1) is 10.1 Å². The molecular formula is C8H2F3NO3S2. The lowest BCUT2D eigenvalue weighted by Crippen LogP contribution is -2.05. The number of halogens is 3. The monoisotopic (exact) mass is 281 g/mol. The predicted octanol–water partition coefficient (Wildman–Crippen LogP) is 3.25. The number of hydrogen-bond donors (Lipinski definition) is 0. The first-order valence-corrected chi connectivity index (χ1v) is 5.71. The smallest absolute Gasteiger partial charge is 0.265 e. The summed E-state index contributed by atoms with van der Waals surface area (Å²) in [4.78, 5) is 20.8. The summed E-state index contributed by atoms with van der Waals surface area (Å²) in [7, 11) is 0. The number of fused-ring (bicyclic) bond motifs is 1. The highest BCUT2D eigenvalue weighted by molar-refractivity contribution is 7.35. The topological polar surface area (TPSA) is 60.2 Å². The third-order valence-corrected chi connectivity index (χ3v) is 4.08. The summed E-state index contributed by atoms with van der Waals surface area (Å²) < 4.78 is 36.9. The van der Waals surface area contributed by atoms with Crippen molar-refractivity contribution in [1.29, 1.82) is 0 Å². The third kappa shape index (κ3) is 2.15. The molecule has 0 saturated carbocycles. The molecule has 0 aliphatic carbocycles. The SMILES string of the molecule is O=c1sc2cc(C(F)(F)F)cc([N+](=O)[O-])c2s1. The Hall–Kier alpha value is -1.48. The van der Waals surface area contributed by atoms with Crippen LogP contribution < -0.4 is 4.06 Å². The summed E-state index contributed by atoms with van der Waals surface area (Å²) in [5, 5.41) is 10.7. The molecular weight excluding hydrogens is 279 g/mol. The normalized spacial score (nSPS) is 11.9. The van der Waals surface area contributed by atoms with Gasteiger partial charge in [-0.25, -0.2) is 0 Å². The van der Waals surface area contributed by atoms with Gasteiger partial charge in [-0.1, -0.05) is 22.7 Å². The van der Waals surface area contributed by atoms with Gasteiger partial charge in [0.1, 0.15) is 4.70 Å². The van der Waals surface area contributed by atoms with E-state index in [1.807, 2.05) is 0 Å². The maximum absolute atomic E-state index is 12.5. The van der Waals surface area contributed by atoms with Crippen molar-refractivity contribution in [2.45, 2.75) is 6.18 Å². The summed E-state index contributed by atoms with van der Waals surface area (Å²) >= 11 is 1.15. The van der Waals surface area contributed by atoms with Gasteiger partial charge in [-0.05, 0) is 6.07 Å². The van der Waals surface area contributed by atoms with Crippen molar-refractivity contribution in [3.8, 4) is 0 Å². The number of nitro benzene ring substituents is 1. The van der Waals surface area contributed by atoms with E-state index in [-0.39, 0.29) is 9.40 Å². The lowest BCUT2D eigenvalue weighted by atomic mass is 10.2. The molecule has 0 N–H and O–H groups in total. The number of nitro groups is 1. The Morgan fingerprint density at radius 3 is 2.41 bits per heavy atom. The third-order valence-electron chi connectivity index (χ3n) is 1.94. The first-order valence-electron chi connectivity index (χ1n) is 4.08. The lowest BCUT2D eigenvalue weighted by Gasteiger charge is -2.05. The van der Waals surface area contributed by atoms with Crippen molar-refractivity contribution in [1.82, 2.24) is 0 Å². The molecule has 9 heteroatoms. The van der Waals surface area contributed by atoms with Gasteiger partial charge < -0.3 is 0 Å². The highest BCUT2D eigenvalue weighted by Crippen LogP contribution is 2.38. The van der Waals surface area contributed by atoms with E-state index in [1.54, 1.807) is 0 Å². The highest BCUT2D eigenvalue weighted by atomic mass is 32.2. The summed E-state index contributed by atoms with van der Waals surface area (Å²) in [6.07, 6.45) is -4.67. The number of hydrogen-bond acceptors (Lipinski definition) is 5. The van der Waals surface area contributed by atoms with Crippen molar-refractivity contribution in [2.24, 2.45) is 0 Å². The van der Waals surface area contributed by atoms with Crippen LogP contribution in [-0.2, 0) is 6.18 Å². The number of nitrogens with zero attached hydrogens (tertiary/aromatic N) is 1. The Kier molecular flexibility index (Phi) is 2.66. The second-order valence-corrected chi connectivity index (χ2v) is 5.29. The zero-order valence-electron chi connectivity index (χ0n) is 7.78. The molecule has 4 nitrogen and oxygen atoms in total. The van der Waals surface area contributed by atoms with Crippen LogP contribution in [0.2, 0.25) is 0 Å². The number of benzene rings is 1. The Morgan fingerprint density at radius 2 is 1.88 bits per heavy atom. The molecule has 0 fully saturated rings. The maximum Gasteiger partial charge on any atom is 0.416 e. The van der Waals surface area contributed by atoms with Gasteiger partial charge in [0.25, 0.3) is 9.74 Å². The van der Waals surface area contributed by atoms with E-state index in [4.69, 9.17) is 0 Å². The van der Waals surface area contributed by atoms with Crippen molar-refractivity contribution in [3.63, 3.8) is 0 Å². The number of alkyl halides is 3. The average molecular weight is 281 g/mol. The van der Waals surface area contributed by atoms with Crippen LogP contribution in [0.15, 0.2) is 16.9 Å². The minimum absolute atomic E-state index is 0.0125. The highest BCUT2D eigenvalue weighted by Gasteiger charge is 2.33. The molecule has 0 aliphatic heterocycles. The van der Waals surface area contributed by atoms with Crippen molar-refractivity contribution < 1.29 is 18.1 Å². The largest absolute Gasteiger partial charge is 0.416 e. The molecule has 1 aromatic heterocycles. The molecule has 90 valence electrons. The van der Waals surface area contributed by atoms with E-state index in [0.717, 1.165) is 6.07 Å². The van der Waals surface area contributed by atoms with Crippen molar-refractivity contribution in [3.05, 3.63) is 36.7 Å². The van der Waals surface area contributed by atoms with Crippen LogP contribution in [0.3, 0.4) is 0 Å². The van der Waals surface area contributed by atoms with Crippen LogP contribution in [0.5, 0.6) is 0 Å². The van der Waals surface area contributed by atoms with E-state index in [1.165, 1.54) is 0 Å². The minimum Gasteiger partial charge on any atom is -0.265 e. The quantitative estimate of drug-likeness (QED) is 0.595. The second-order valence-electron chi connectivity index (χ2n) is 3.03. The van der Waals surface area contributed by atoms with Crippen LogP contribution in [0.1, 0.15) is 5.56 Å².